The molecule has 11 rings (SSSR count). The maximum Gasteiger partial charge on any atom is 0.164 e. The third kappa shape index (κ3) is 5.56. The molecule has 0 bridgehead atoms. The lowest BCUT2D eigenvalue weighted by atomic mass is 10.00. The van der Waals surface area contributed by atoms with E-state index >= 15 is 0 Å². The zero-order valence-corrected chi connectivity index (χ0v) is 30.9. The second kappa shape index (κ2) is 13.3. The molecular formula is C51H31N3OS. The van der Waals surface area contributed by atoms with E-state index in [1.54, 1.807) is 0 Å². The van der Waals surface area contributed by atoms with Crippen LogP contribution in [0.15, 0.2) is 192 Å². The Labute approximate surface area is 327 Å². The van der Waals surface area contributed by atoms with E-state index in [-0.39, 0.29) is 0 Å². The molecule has 0 spiro atoms. The van der Waals surface area contributed by atoms with Gasteiger partial charge in [-0.25, -0.2) is 15.0 Å². The molecule has 0 radical (unpaired) electrons. The Kier molecular flexibility index (Phi) is 7.64. The fraction of sp³-hybridized carbons (Fsp3) is 0. The summed E-state index contributed by atoms with van der Waals surface area (Å²) in [5.41, 5.74) is 11.5. The first-order chi connectivity index (χ1) is 27.7. The lowest BCUT2D eigenvalue weighted by molar-refractivity contribution is 0.669. The molecule has 0 N–H and O–H groups in total. The van der Waals surface area contributed by atoms with Crippen molar-refractivity contribution in [3.8, 4) is 67.5 Å². The monoisotopic (exact) mass is 733 g/mol. The van der Waals surface area contributed by atoms with Gasteiger partial charge in [0, 0.05) is 47.6 Å². The summed E-state index contributed by atoms with van der Waals surface area (Å²) in [6.45, 7) is 0. The fourth-order valence-corrected chi connectivity index (χ4v) is 9.08. The first-order valence-electron chi connectivity index (χ1n) is 18.7. The summed E-state index contributed by atoms with van der Waals surface area (Å²) in [4.78, 5) is 15.3. The van der Waals surface area contributed by atoms with Gasteiger partial charge in [0.2, 0.25) is 0 Å². The van der Waals surface area contributed by atoms with Crippen LogP contribution in [0.3, 0.4) is 0 Å². The molecular weight excluding hydrogens is 703 g/mol. The van der Waals surface area contributed by atoms with Crippen molar-refractivity contribution < 1.29 is 4.42 Å². The van der Waals surface area contributed by atoms with Crippen LogP contribution in [0.5, 0.6) is 0 Å². The van der Waals surface area contributed by atoms with E-state index in [2.05, 4.69) is 140 Å². The average Bonchev–Trinajstić information content (AvgIpc) is 3.85. The summed E-state index contributed by atoms with van der Waals surface area (Å²) in [6.07, 6.45) is 0. The van der Waals surface area contributed by atoms with Crippen molar-refractivity contribution in [2.24, 2.45) is 0 Å². The van der Waals surface area contributed by atoms with E-state index in [1.165, 1.54) is 36.9 Å². The number of benzene rings is 8. The predicted molar refractivity (Wildman–Crippen MR) is 233 cm³/mol. The minimum atomic E-state index is 0.598. The summed E-state index contributed by atoms with van der Waals surface area (Å²) < 4.78 is 8.96. The normalized spacial score (nSPS) is 11.6. The van der Waals surface area contributed by atoms with E-state index in [4.69, 9.17) is 19.4 Å². The van der Waals surface area contributed by atoms with Crippen LogP contribution >= 0.6 is 11.3 Å². The Balaban J connectivity index is 1.02. The van der Waals surface area contributed by atoms with Gasteiger partial charge in [-0.3, -0.25) is 0 Å². The second-order valence-electron chi connectivity index (χ2n) is 14.0. The molecule has 0 amide bonds. The molecule has 5 heteroatoms. The van der Waals surface area contributed by atoms with Crippen LogP contribution in [0.1, 0.15) is 0 Å². The van der Waals surface area contributed by atoms with Gasteiger partial charge in [0.1, 0.15) is 11.2 Å². The van der Waals surface area contributed by atoms with Gasteiger partial charge >= 0.3 is 0 Å². The first-order valence-corrected chi connectivity index (χ1v) is 19.5. The average molecular weight is 734 g/mol. The van der Waals surface area contributed by atoms with Crippen LogP contribution in [0.2, 0.25) is 0 Å². The minimum Gasteiger partial charge on any atom is -0.456 e. The topological polar surface area (TPSA) is 51.8 Å². The lowest BCUT2D eigenvalue weighted by Crippen LogP contribution is -2.00. The van der Waals surface area contributed by atoms with Crippen molar-refractivity contribution in [2.75, 3.05) is 0 Å². The Morgan fingerprint density at radius 3 is 1.61 bits per heavy atom. The minimum absolute atomic E-state index is 0.598. The quantitative estimate of drug-likeness (QED) is 0.171. The molecule has 0 saturated heterocycles. The summed E-state index contributed by atoms with van der Waals surface area (Å²) in [6, 6.07) is 65.7. The zero-order chi connectivity index (χ0) is 37.0. The van der Waals surface area contributed by atoms with Gasteiger partial charge in [0.05, 0.1) is 0 Å². The predicted octanol–water partition coefficient (Wildman–Crippen LogP) is 14.1. The highest BCUT2D eigenvalue weighted by atomic mass is 32.1. The Bertz CT molecular complexity index is 3230. The summed E-state index contributed by atoms with van der Waals surface area (Å²) in [5.74, 6) is 1.83. The van der Waals surface area contributed by atoms with E-state index in [0.717, 1.165) is 55.3 Å². The van der Waals surface area contributed by atoms with Gasteiger partial charge < -0.3 is 4.42 Å². The third-order valence-electron chi connectivity index (χ3n) is 10.6. The largest absolute Gasteiger partial charge is 0.456 e. The summed E-state index contributed by atoms with van der Waals surface area (Å²) in [5, 5.41) is 4.57. The van der Waals surface area contributed by atoms with Crippen LogP contribution < -0.4 is 0 Å². The molecule has 3 heterocycles. The van der Waals surface area contributed by atoms with Gasteiger partial charge in [-0.05, 0) is 57.6 Å². The van der Waals surface area contributed by atoms with E-state index in [9.17, 15) is 0 Å². The molecule has 4 nitrogen and oxygen atoms in total. The molecule has 0 aliphatic rings. The van der Waals surface area contributed by atoms with Crippen LogP contribution in [-0.4, -0.2) is 15.0 Å². The first kappa shape index (κ1) is 32.2. The van der Waals surface area contributed by atoms with Crippen molar-refractivity contribution in [1.82, 2.24) is 15.0 Å². The number of nitrogens with zero attached hydrogens (tertiary/aromatic N) is 3. The van der Waals surface area contributed by atoms with Gasteiger partial charge in [0.25, 0.3) is 0 Å². The number of hydrogen-bond donors (Lipinski definition) is 0. The van der Waals surface area contributed by atoms with E-state index in [0.29, 0.717) is 17.5 Å². The third-order valence-corrected chi connectivity index (χ3v) is 11.8. The molecule has 8 aromatic carbocycles. The molecule has 0 fully saturated rings. The maximum atomic E-state index is 6.40. The highest BCUT2D eigenvalue weighted by Crippen LogP contribution is 2.42. The number of fused-ring (bicyclic) bond motifs is 6. The van der Waals surface area contributed by atoms with Gasteiger partial charge in [-0.15, -0.1) is 11.3 Å². The molecule has 0 saturated carbocycles. The van der Waals surface area contributed by atoms with Crippen LogP contribution in [0, 0.1) is 0 Å². The maximum absolute atomic E-state index is 6.40. The molecule has 0 aliphatic heterocycles. The van der Waals surface area contributed by atoms with Crippen LogP contribution in [-0.2, 0) is 0 Å². The van der Waals surface area contributed by atoms with Crippen LogP contribution in [0.4, 0.5) is 0 Å². The molecule has 0 aliphatic carbocycles. The van der Waals surface area contributed by atoms with Gasteiger partial charge in [-0.1, -0.05) is 164 Å². The summed E-state index contributed by atoms with van der Waals surface area (Å²) in [7, 11) is 0. The Morgan fingerprint density at radius 1 is 0.339 bits per heavy atom. The molecule has 56 heavy (non-hydrogen) atoms. The zero-order valence-electron chi connectivity index (χ0n) is 30.1. The number of furan rings is 1. The SMILES string of the molecule is c1ccc(-c2ccc3c(c2)sc2c(-c4ccc(-c5nc(-c6ccccc6)nc(-c6cccc7oc8ccc(-c9ccccc9)cc8c67)n5)cc4)cccc23)cc1. The smallest absolute Gasteiger partial charge is 0.164 e. The fourth-order valence-electron chi connectivity index (χ4n) is 7.80. The standard InChI is InChI=1S/C51H31N3OS/c1-4-12-32(13-5-1)37-27-29-44-43(30-37)47-42(20-11-21-45(47)55-44)51-53-49(35-16-8-3-9-17-35)52-50(54-51)36-24-22-34(23-25-36)39-18-10-19-41-40-28-26-38(31-46(40)56-48(39)41)33-14-6-2-7-15-33/h1-31H. The number of hydrogen-bond acceptors (Lipinski definition) is 5. The second-order valence-corrected chi connectivity index (χ2v) is 15.0. The van der Waals surface area contributed by atoms with Crippen molar-refractivity contribution in [2.45, 2.75) is 0 Å². The lowest BCUT2D eigenvalue weighted by Gasteiger charge is -2.10. The van der Waals surface area contributed by atoms with Crippen molar-refractivity contribution >= 4 is 53.4 Å². The van der Waals surface area contributed by atoms with Gasteiger partial charge in [-0.2, -0.15) is 0 Å². The van der Waals surface area contributed by atoms with E-state index in [1.807, 2.05) is 59.9 Å². The van der Waals surface area contributed by atoms with Crippen molar-refractivity contribution in [3.63, 3.8) is 0 Å². The Morgan fingerprint density at radius 2 is 0.893 bits per heavy atom. The number of rotatable bonds is 6. The molecule has 0 unspecified atom stereocenters. The highest BCUT2D eigenvalue weighted by Gasteiger charge is 2.19. The highest BCUT2D eigenvalue weighted by molar-refractivity contribution is 7.26. The molecule has 11 aromatic rings. The van der Waals surface area contributed by atoms with Crippen molar-refractivity contribution in [1.29, 1.82) is 0 Å². The molecule has 3 aromatic heterocycles. The van der Waals surface area contributed by atoms with Crippen molar-refractivity contribution in [3.05, 3.63) is 188 Å². The van der Waals surface area contributed by atoms with E-state index < -0.39 is 0 Å². The summed E-state index contributed by atoms with van der Waals surface area (Å²) >= 11 is 1.85. The van der Waals surface area contributed by atoms with Crippen LogP contribution in [0.25, 0.3) is 110 Å². The van der Waals surface area contributed by atoms with Gasteiger partial charge in [0.15, 0.2) is 17.5 Å². The number of thiophene rings is 1. The Hall–Kier alpha value is -7.21. The molecule has 262 valence electrons. The molecule has 0 atom stereocenters. The number of aromatic nitrogens is 3.